The average molecular weight is 312 g/mol. The van der Waals surface area contributed by atoms with Crippen molar-refractivity contribution in [1.82, 2.24) is 0 Å². The lowest BCUT2D eigenvalue weighted by atomic mass is 9.95. The zero-order valence-electron chi connectivity index (χ0n) is 12.0. The molecule has 0 bridgehead atoms. The van der Waals surface area contributed by atoms with Crippen molar-refractivity contribution in [3.05, 3.63) is 41.5 Å². The second-order valence-electron chi connectivity index (χ2n) is 5.01. The van der Waals surface area contributed by atoms with Gasteiger partial charge >= 0.3 is 5.97 Å². The zero-order chi connectivity index (χ0) is 16.7. The number of carbonyl (C=O) groups excluding carboxylic acids is 2. The minimum Gasteiger partial charge on any atom is -0.507 e. The fraction of sp³-hybridized carbons (Fsp3) is 0.0588. The number of methoxy groups -OCH3 is 1. The van der Waals surface area contributed by atoms with Crippen LogP contribution in [-0.4, -0.2) is 34.7 Å². The highest BCUT2D eigenvalue weighted by atomic mass is 16.5. The van der Waals surface area contributed by atoms with Crippen molar-refractivity contribution < 1.29 is 29.6 Å². The molecule has 0 aliphatic heterocycles. The van der Waals surface area contributed by atoms with Crippen LogP contribution in [0.25, 0.3) is 21.5 Å². The van der Waals surface area contributed by atoms with Gasteiger partial charge in [0.2, 0.25) is 0 Å². The third-order valence-electron chi connectivity index (χ3n) is 3.77. The molecule has 0 amide bonds. The average Bonchev–Trinajstić information content (AvgIpc) is 2.54. The Hall–Kier alpha value is -3.28. The van der Waals surface area contributed by atoms with Crippen molar-refractivity contribution in [3.8, 4) is 17.2 Å². The third-order valence-corrected chi connectivity index (χ3v) is 3.77. The van der Waals surface area contributed by atoms with Gasteiger partial charge in [0.15, 0.2) is 6.29 Å². The SMILES string of the molecule is COC(=O)c1ccc(O)c2cc3c(C=O)c(O)cc(O)c3cc12. The van der Waals surface area contributed by atoms with Crippen molar-refractivity contribution in [1.29, 1.82) is 0 Å². The van der Waals surface area contributed by atoms with Gasteiger partial charge in [0.05, 0.1) is 18.2 Å². The fourth-order valence-electron chi connectivity index (χ4n) is 2.65. The van der Waals surface area contributed by atoms with Gasteiger partial charge in [-0.1, -0.05) is 0 Å². The van der Waals surface area contributed by atoms with Crippen LogP contribution in [0.3, 0.4) is 0 Å². The van der Waals surface area contributed by atoms with E-state index in [9.17, 15) is 24.9 Å². The van der Waals surface area contributed by atoms with Crippen LogP contribution in [-0.2, 0) is 4.74 Å². The van der Waals surface area contributed by atoms with E-state index >= 15 is 0 Å². The standard InChI is InChI=1S/C17H12O6/c1-23-17(22)8-2-3-14(19)11-5-10-12(4-9(8)11)15(20)6-16(21)13(10)7-18/h2-7,19-21H,1H3. The summed E-state index contributed by atoms with van der Waals surface area (Å²) in [5.74, 6) is -1.31. The van der Waals surface area contributed by atoms with Gasteiger partial charge in [-0.2, -0.15) is 0 Å². The summed E-state index contributed by atoms with van der Waals surface area (Å²) in [6.07, 6.45) is 0.462. The Kier molecular flexibility index (Phi) is 3.29. The number of fused-ring (bicyclic) bond motifs is 2. The lowest BCUT2D eigenvalue weighted by Gasteiger charge is -2.11. The van der Waals surface area contributed by atoms with Gasteiger partial charge in [-0.05, 0) is 24.3 Å². The summed E-state index contributed by atoms with van der Waals surface area (Å²) in [5, 5.41) is 31.1. The van der Waals surface area contributed by atoms with Gasteiger partial charge in [-0.15, -0.1) is 0 Å². The van der Waals surface area contributed by atoms with E-state index in [-0.39, 0.29) is 39.1 Å². The molecule has 3 aromatic carbocycles. The molecule has 0 unspecified atom stereocenters. The number of phenolic OH excluding ortho intramolecular Hbond substituents is 3. The molecule has 3 N–H and O–H groups in total. The minimum absolute atomic E-state index is 0.0115. The molecular formula is C17H12O6. The molecule has 0 fully saturated rings. The molecule has 0 aromatic heterocycles. The van der Waals surface area contributed by atoms with Gasteiger partial charge in [-0.3, -0.25) is 4.79 Å². The van der Waals surface area contributed by atoms with E-state index in [1.807, 2.05) is 0 Å². The number of aromatic hydroxyl groups is 3. The van der Waals surface area contributed by atoms with Crippen LogP contribution >= 0.6 is 0 Å². The molecule has 0 atom stereocenters. The van der Waals surface area contributed by atoms with E-state index in [1.165, 1.54) is 31.4 Å². The van der Waals surface area contributed by atoms with Gasteiger partial charge in [0, 0.05) is 27.6 Å². The first-order valence-electron chi connectivity index (χ1n) is 6.65. The molecule has 3 rings (SSSR count). The summed E-state index contributed by atoms with van der Waals surface area (Å²) in [6.45, 7) is 0. The molecule has 23 heavy (non-hydrogen) atoms. The molecule has 0 radical (unpaired) electrons. The molecule has 0 heterocycles. The molecule has 0 spiro atoms. The Morgan fingerprint density at radius 1 is 0.913 bits per heavy atom. The summed E-state index contributed by atoms with van der Waals surface area (Å²) >= 11 is 0. The Labute approximate surface area is 130 Å². The van der Waals surface area contributed by atoms with E-state index in [2.05, 4.69) is 0 Å². The molecule has 0 aliphatic rings. The molecule has 0 saturated carbocycles. The summed E-state index contributed by atoms with van der Waals surface area (Å²) in [7, 11) is 1.24. The number of benzene rings is 3. The molecule has 6 heteroatoms. The largest absolute Gasteiger partial charge is 0.507 e. The second-order valence-corrected chi connectivity index (χ2v) is 5.01. The van der Waals surface area contributed by atoms with Crippen LogP contribution in [0, 0.1) is 0 Å². The Morgan fingerprint density at radius 2 is 1.57 bits per heavy atom. The lowest BCUT2D eigenvalue weighted by molar-refractivity contribution is 0.0603. The lowest BCUT2D eigenvalue weighted by Crippen LogP contribution is -2.02. The summed E-state index contributed by atoms with van der Waals surface area (Å²) < 4.78 is 4.71. The number of carbonyl (C=O) groups is 2. The Morgan fingerprint density at radius 3 is 2.22 bits per heavy atom. The van der Waals surface area contributed by atoms with Crippen LogP contribution < -0.4 is 0 Å². The maximum absolute atomic E-state index is 11.9. The zero-order valence-corrected chi connectivity index (χ0v) is 12.0. The van der Waals surface area contributed by atoms with Crippen LogP contribution in [0.5, 0.6) is 17.2 Å². The number of hydrogen-bond acceptors (Lipinski definition) is 6. The Bertz CT molecular complexity index is 974. The highest BCUT2D eigenvalue weighted by molar-refractivity contribution is 6.14. The molecule has 0 saturated heterocycles. The van der Waals surface area contributed by atoms with Crippen LogP contribution in [0.4, 0.5) is 0 Å². The van der Waals surface area contributed by atoms with Crippen molar-refractivity contribution >= 4 is 33.8 Å². The fourth-order valence-corrected chi connectivity index (χ4v) is 2.65. The third kappa shape index (κ3) is 2.12. The van der Waals surface area contributed by atoms with Crippen molar-refractivity contribution in [2.45, 2.75) is 0 Å². The topological polar surface area (TPSA) is 104 Å². The predicted octanol–water partition coefficient (Wildman–Crippen LogP) is 2.71. The quantitative estimate of drug-likeness (QED) is 0.382. The van der Waals surface area contributed by atoms with E-state index in [0.717, 1.165) is 6.07 Å². The first-order chi connectivity index (χ1) is 11.0. The number of phenols is 3. The molecule has 3 aromatic rings. The molecule has 6 nitrogen and oxygen atoms in total. The Balaban J connectivity index is 2.54. The van der Waals surface area contributed by atoms with Crippen LogP contribution in [0.1, 0.15) is 20.7 Å². The van der Waals surface area contributed by atoms with Crippen molar-refractivity contribution in [2.24, 2.45) is 0 Å². The summed E-state index contributed by atoms with van der Waals surface area (Å²) in [4.78, 5) is 23.1. The van der Waals surface area contributed by atoms with Gasteiger partial charge in [0.1, 0.15) is 17.2 Å². The van der Waals surface area contributed by atoms with E-state index in [1.54, 1.807) is 0 Å². The first-order valence-corrected chi connectivity index (χ1v) is 6.65. The van der Waals surface area contributed by atoms with E-state index in [0.29, 0.717) is 17.1 Å². The predicted molar refractivity (Wildman–Crippen MR) is 83.2 cm³/mol. The molecular weight excluding hydrogens is 300 g/mol. The van der Waals surface area contributed by atoms with Crippen LogP contribution in [0.15, 0.2) is 30.3 Å². The smallest absolute Gasteiger partial charge is 0.338 e. The second kappa shape index (κ2) is 5.17. The molecule has 0 aliphatic carbocycles. The summed E-state index contributed by atoms with van der Waals surface area (Å²) in [6, 6.07) is 6.71. The van der Waals surface area contributed by atoms with Gasteiger partial charge in [-0.25, -0.2) is 4.79 Å². The summed E-state index contributed by atoms with van der Waals surface area (Å²) in [5.41, 5.74) is 0.199. The molecule has 116 valence electrons. The van der Waals surface area contributed by atoms with Crippen molar-refractivity contribution in [2.75, 3.05) is 7.11 Å². The van der Waals surface area contributed by atoms with E-state index in [4.69, 9.17) is 4.74 Å². The highest BCUT2D eigenvalue weighted by Gasteiger charge is 2.17. The number of esters is 1. The van der Waals surface area contributed by atoms with Crippen LogP contribution in [0.2, 0.25) is 0 Å². The normalized spacial score (nSPS) is 10.8. The minimum atomic E-state index is -0.594. The first kappa shape index (κ1) is 14.6. The number of rotatable bonds is 2. The monoisotopic (exact) mass is 312 g/mol. The maximum atomic E-state index is 11.9. The highest BCUT2D eigenvalue weighted by Crippen LogP contribution is 2.39. The van der Waals surface area contributed by atoms with E-state index < -0.39 is 5.97 Å². The van der Waals surface area contributed by atoms with Gasteiger partial charge in [0.25, 0.3) is 0 Å². The van der Waals surface area contributed by atoms with Crippen molar-refractivity contribution in [3.63, 3.8) is 0 Å². The number of ether oxygens (including phenoxy) is 1. The van der Waals surface area contributed by atoms with Gasteiger partial charge < -0.3 is 20.1 Å². The number of aldehydes is 1. The maximum Gasteiger partial charge on any atom is 0.338 e. The number of hydrogen-bond donors (Lipinski definition) is 3.